The van der Waals surface area contributed by atoms with Gasteiger partial charge in [0.05, 0.1) is 12.7 Å². The molecule has 0 fully saturated rings. The van der Waals surface area contributed by atoms with Crippen LogP contribution in [0, 0.1) is 12.7 Å². The average Bonchev–Trinajstić information content (AvgIpc) is 2.47. The number of halogens is 1. The number of hydrogen-bond acceptors (Lipinski definition) is 3. The maximum absolute atomic E-state index is 13.7. The Bertz CT molecular complexity index is 626. The largest absolute Gasteiger partial charge is 0.465 e. The Morgan fingerprint density at radius 2 is 2.00 bits per heavy atom. The van der Waals surface area contributed by atoms with Gasteiger partial charge in [-0.3, -0.25) is 0 Å². The SMILES string of the molecule is COC(=O)c1ccccc1NCc1cc(C)ccc1F. The number of carbonyl (C=O) groups is 1. The van der Waals surface area contributed by atoms with Crippen LogP contribution in [0.15, 0.2) is 42.5 Å². The van der Waals surface area contributed by atoms with E-state index in [0.29, 0.717) is 23.4 Å². The Labute approximate surface area is 117 Å². The van der Waals surface area contributed by atoms with Crippen LogP contribution in [-0.4, -0.2) is 13.1 Å². The molecule has 0 atom stereocenters. The van der Waals surface area contributed by atoms with E-state index in [1.54, 1.807) is 36.4 Å². The normalized spacial score (nSPS) is 10.2. The van der Waals surface area contributed by atoms with Crippen molar-refractivity contribution in [3.8, 4) is 0 Å². The van der Waals surface area contributed by atoms with Crippen LogP contribution in [0.3, 0.4) is 0 Å². The molecule has 2 aromatic carbocycles. The van der Waals surface area contributed by atoms with Crippen LogP contribution >= 0.6 is 0 Å². The van der Waals surface area contributed by atoms with Gasteiger partial charge in [0.25, 0.3) is 0 Å². The monoisotopic (exact) mass is 273 g/mol. The van der Waals surface area contributed by atoms with Crippen LogP contribution in [0.1, 0.15) is 21.5 Å². The molecule has 20 heavy (non-hydrogen) atoms. The third-order valence-corrected chi connectivity index (χ3v) is 3.00. The maximum Gasteiger partial charge on any atom is 0.339 e. The second-order valence-corrected chi connectivity index (χ2v) is 4.49. The van der Waals surface area contributed by atoms with Gasteiger partial charge in [-0.1, -0.05) is 29.8 Å². The Balaban J connectivity index is 2.19. The molecular weight excluding hydrogens is 257 g/mol. The maximum atomic E-state index is 13.7. The van der Waals surface area contributed by atoms with Crippen molar-refractivity contribution < 1.29 is 13.9 Å². The number of ether oxygens (including phenoxy) is 1. The van der Waals surface area contributed by atoms with Gasteiger partial charge in [-0.15, -0.1) is 0 Å². The first-order valence-electron chi connectivity index (χ1n) is 6.28. The van der Waals surface area contributed by atoms with Gasteiger partial charge in [-0.05, 0) is 25.1 Å². The summed E-state index contributed by atoms with van der Waals surface area (Å²) in [4.78, 5) is 11.6. The number of rotatable bonds is 4. The van der Waals surface area contributed by atoms with E-state index in [0.717, 1.165) is 5.56 Å². The van der Waals surface area contributed by atoms with Crippen molar-refractivity contribution in [2.75, 3.05) is 12.4 Å². The van der Waals surface area contributed by atoms with Crippen molar-refractivity contribution in [3.63, 3.8) is 0 Å². The first kappa shape index (κ1) is 14.1. The summed E-state index contributed by atoms with van der Waals surface area (Å²) < 4.78 is 18.4. The lowest BCUT2D eigenvalue weighted by Crippen LogP contribution is -2.09. The molecule has 0 spiro atoms. The predicted octanol–water partition coefficient (Wildman–Crippen LogP) is 3.53. The van der Waals surface area contributed by atoms with E-state index in [1.165, 1.54) is 13.2 Å². The quantitative estimate of drug-likeness (QED) is 0.866. The zero-order valence-electron chi connectivity index (χ0n) is 11.4. The molecule has 0 aliphatic heterocycles. The van der Waals surface area contributed by atoms with Crippen molar-refractivity contribution in [2.24, 2.45) is 0 Å². The molecule has 1 N–H and O–H groups in total. The van der Waals surface area contributed by atoms with Gasteiger partial charge in [-0.25, -0.2) is 9.18 Å². The molecule has 4 heteroatoms. The highest BCUT2D eigenvalue weighted by Gasteiger charge is 2.11. The van der Waals surface area contributed by atoms with Crippen molar-refractivity contribution >= 4 is 11.7 Å². The second kappa shape index (κ2) is 6.19. The van der Waals surface area contributed by atoms with Crippen molar-refractivity contribution in [2.45, 2.75) is 13.5 Å². The summed E-state index contributed by atoms with van der Waals surface area (Å²) in [5, 5.41) is 3.07. The average molecular weight is 273 g/mol. The number of hydrogen-bond donors (Lipinski definition) is 1. The lowest BCUT2D eigenvalue weighted by atomic mass is 10.1. The lowest BCUT2D eigenvalue weighted by molar-refractivity contribution is 0.0602. The highest BCUT2D eigenvalue weighted by molar-refractivity contribution is 5.95. The predicted molar refractivity (Wildman–Crippen MR) is 76.2 cm³/mol. The van der Waals surface area contributed by atoms with Gasteiger partial charge in [0.1, 0.15) is 5.82 Å². The van der Waals surface area contributed by atoms with Gasteiger partial charge in [0.2, 0.25) is 0 Å². The summed E-state index contributed by atoms with van der Waals surface area (Å²) in [5.74, 6) is -0.684. The summed E-state index contributed by atoms with van der Waals surface area (Å²) >= 11 is 0. The van der Waals surface area contributed by atoms with E-state index in [4.69, 9.17) is 4.74 Å². The van der Waals surface area contributed by atoms with Crippen molar-refractivity contribution in [1.82, 2.24) is 0 Å². The molecule has 0 bridgehead atoms. The fraction of sp³-hybridized carbons (Fsp3) is 0.188. The van der Waals surface area contributed by atoms with E-state index in [1.807, 2.05) is 6.92 Å². The second-order valence-electron chi connectivity index (χ2n) is 4.49. The molecule has 0 saturated carbocycles. The van der Waals surface area contributed by atoms with E-state index < -0.39 is 5.97 Å². The molecule has 0 aromatic heterocycles. The Morgan fingerprint density at radius 1 is 1.25 bits per heavy atom. The van der Waals surface area contributed by atoms with Gasteiger partial charge in [-0.2, -0.15) is 0 Å². The fourth-order valence-electron chi connectivity index (χ4n) is 1.95. The number of aryl methyl sites for hydroxylation is 1. The lowest BCUT2D eigenvalue weighted by Gasteiger charge is -2.11. The third-order valence-electron chi connectivity index (χ3n) is 3.00. The molecule has 0 heterocycles. The number of carbonyl (C=O) groups excluding carboxylic acids is 1. The van der Waals surface area contributed by atoms with Crippen LogP contribution in [0.5, 0.6) is 0 Å². The Kier molecular flexibility index (Phi) is 4.35. The summed E-state index contributed by atoms with van der Waals surface area (Å²) in [5.41, 5.74) is 2.61. The number of nitrogens with one attached hydrogen (secondary N) is 1. The molecule has 2 rings (SSSR count). The summed E-state index contributed by atoms with van der Waals surface area (Å²) in [6, 6.07) is 11.9. The molecule has 2 aromatic rings. The summed E-state index contributed by atoms with van der Waals surface area (Å²) in [6.45, 7) is 2.22. The van der Waals surface area contributed by atoms with Crippen LogP contribution < -0.4 is 5.32 Å². The van der Waals surface area contributed by atoms with Crippen LogP contribution in [0.25, 0.3) is 0 Å². The van der Waals surface area contributed by atoms with Crippen LogP contribution in [0.4, 0.5) is 10.1 Å². The number of para-hydroxylation sites is 1. The van der Waals surface area contributed by atoms with Crippen LogP contribution in [0.2, 0.25) is 0 Å². The molecule has 0 radical (unpaired) electrons. The Morgan fingerprint density at radius 3 is 2.75 bits per heavy atom. The van der Waals surface area contributed by atoms with E-state index in [9.17, 15) is 9.18 Å². The molecule has 0 saturated heterocycles. The molecule has 0 aliphatic carbocycles. The van der Waals surface area contributed by atoms with Gasteiger partial charge in [0.15, 0.2) is 0 Å². The highest BCUT2D eigenvalue weighted by Crippen LogP contribution is 2.18. The van der Waals surface area contributed by atoms with Crippen molar-refractivity contribution in [3.05, 3.63) is 65.0 Å². The summed E-state index contributed by atoms with van der Waals surface area (Å²) in [7, 11) is 1.33. The van der Waals surface area contributed by atoms with E-state index in [2.05, 4.69) is 5.32 Å². The van der Waals surface area contributed by atoms with Gasteiger partial charge < -0.3 is 10.1 Å². The standard InChI is InChI=1S/C16H16FNO2/c1-11-7-8-14(17)12(9-11)10-18-15-6-4-3-5-13(15)16(19)20-2/h3-9,18H,10H2,1-2H3. The van der Waals surface area contributed by atoms with Gasteiger partial charge >= 0.3 is 5.97 Å². The van der Waals surface area contributed by atoms with E-state index in [-0.39, 0.29) is 5.82 Å². The smallest absolute Gasteiger partial charge is 0.339 e. The molecule has 104 valence electrons. The number of benzene rings is 2. The number of esters is 1. The molecule has 3 nitrogen and oxygen atoms in total. The molecule has 0 aliphatic rings. The zero-order chi connectivity index (χ0) is 14.5. The van der Waals surface area contributed by atoms with E-state index >= 15 is 0 Å². The third kappa shape index (κ3) is 3.15. The van der Waals surface area contributed by atoms with Crippen molar-refractivity contribution in [1.29, 1.82) is 0 Å². The molecule has 0 unspecified atom stereocenters. The topological polar surface area (TPSA) is 38.3 Å². The minimum atomic E-state index is -0.419. The first-order valence-corrected chi connectivity index (χ1v) is 6.28. The fourth-order valence-corrected chi connectivity index (χ4v) is 1.95. The highest BCUT2D eigenvalue weighted by atomic mass is 19.1. The first-order chi connectivity index (χ1) is 9.61. The number of anilines is 1. The van der Waals surface area contributed by atoms with Crippen LogP contribution in [-0.2, 0) is 11.3 Å². The molecule has 0 amide bonds. The molecular formula is C16H16FNO2. The zero-order valence-corrected chi connectivity index (χ0v) is 11.4. The van der Waals surface area contributed by atoms with Gasteiger partial charge in [0, 0.05) is 17.8 Å². The summed E-state index contributed by atoms with van der Waals surface area (Å²) in [6.07, 6.45) is 0. The minimum Gasteiger partial charge on any atom is -0.465 e. The number of methoxy groups -OCH3 is 1. The minimum absolute atomic E-state index is 0.265. The Hall–Kier alpha value is -2.36.